The minimum atomic E-state index is 0.855. The van der Waals surface area contributed by atoms with E-state index in [0.29, 0.717) is 0 Å². The van der Waals surface area contributed by atoms with Crippen molar-refractivity contribution in [2.24, 2.45) is 8.73 Å². The van der Waals surface area contributed by atoms with E-state index in [1.165, 1.54) is 11.4 Å². The topological polar surface area (TPSA) is 24.7 Å². The minimum absolute atomic E-state index is 0.855. The van der Waals surface area contributed by atoms with Crippen molar-refractivity contribution in [1.29, 1.82) is 0 Å². The molecule has 7 heavy (non-hydrogen) atoms. The van der Waals surface area contributed by atoms with Gasteiger partial charge in [-0.1, -0.05) is 0 Å². The molecule has 0 amide bonds. The van der Waals surface area contributed by atoms with E-state index in [2.05, 4.69) is 8.73 Å². The molecule has 0 saturated heterocycles. The predicted octanol–water partition coefficient (Wildman–Crippen LogP) is 1.48. The zero-order valence-corrected chi connectivity index (χ0v) is 5.53. The van der Waals surface area contributed by atoms with Gasteiger partial charge in [-0.3, -0.25) is 0 Å². The molecule has 0 aromatic carbocycles. The van der Waals surface area contributed by atoms with Crippen LogP contribution in [-0.2, 0) is 11.4 Å². The Kier molecular flexibility index (Phi) is 5.67. The van der Waals surface area contributed by atoms with Gasteiger partial charge < -0.3 is 0 Å². The first-order valence-electron chi connectivity index (χ1n) is 2.41. The molecule has 0 spiro atoms. The molecule has 0 rings (SSSR count). The molecule has 0 aliphatic heterocycles. The fourth-order valence-corrected chi connectivity index (χ4v) is 0.469. The summed E-state index contributed by atoms with van der Waals surface area (Å²) in [5, 5.41) is 0. The Morgan fingerprint density at radius 3 is 1.86 bits per heavy atom. The summed E-state index contributed by atoms with van der Waals surface area (Å²) in [6.45, 7) is 5.71. The molecule has 42 valence electrons. The maximum atomic E-state index is 3.91. The number of rotatable bonds is 2. The van der Waals surface area contributed by atoms with E-state index < -0.39 is 0 Å². The van der Waals surface area contributed by atoms with Gasteiger partial charge in [0.1, 0.15) is 0 Å². The average Bonchev–Trinajstić information content (AvgIpc) is 1.69. The summed E-state index contributed by atoms with van der Waals surface area (Å²) in [7, 11) is 0. The third-order valence-electron chi connectivity index (χ3n) is 0.374. The molecular formula is C4H10N2S. The van der Waals surface area contributed by atoms with Crippen molar-refractivity contribution in [3.05, 3.63) is 0 Å². The van der Waals surface area contributed by atoms with Gasteiger partial charge in [-0.25, -0.2) is 8.73 Å². The third-order valence-corrected chi connectivity index (χ3v) is 1.12. The van der Waals surface area contributed by atoms with Crippen LogP contribution in [0.2, 0.25) is 0 Å². The van der Waals surface area contributed by atoms with Crippen LogP contribution in [0.4, 0.5) is 0 Å². The van der Waals surface area contributed by atoms with E-state index in [1.54, 1.807) is 0 Å². The molecule has 0 aliphatic carbocycles. The molecular weight excluding hydrogens is 108 g/mol. The molecule has 0 fully saturated rings. The first kappa shape index (κ1) is 6.82. The van der Waals surface area contributed by atoms with E-state index in [9.17, 15) is 0 Å². The summed E-state index contributed by atoms with van der Waals surface area (Å²) in [4.78, 5) is 0. The van der Waals surface area contributed by atoms with Gasteiger partial charge in [-0.2, -0.15) is 0 Å². The van der Waals surface area contributed by atoms with Crippen LogP contribution >= 0.6 is 0 Å². The smallest absolute Gasteiger partial charge is 0.0577 e. The Morgan fingerprint density at radius 1 is 1.14 bits per heavy atom. The Bertz CT molecular complexity index is 75.7. The molecule has 0 radical (unpaired) electrons. The fourth-order valence-electron chi connectivity index (χ4n) is 0.156. The van der Waals surface area contributed by atoms with Crippen LogP contribution in [-0.4, -0.2) is 13.1 Å². The lowest BCUT2D eigenvalue weighted by Gasteiger charge is -1.68. The van der Waals surface area contributed by atoms with E-state index in [0.717, 1.165) is 13.1 Å². The van der Waals surface area contributed by atoms with Crippen molar-refractivity contribution < 1.29 is 0 Å². The molecule has 0 heterocycles. The predicted molar refractivity (Wildman–Crippen MR) is 33.3 cm³/mol. The highest BCUT2D eigenvalue weighted by Gasteiger charge is 1.57. The van der Waals surface area contributed by atoms with Crippen molar-refractivity contribution in [2.75, 3.05) is 13.1 Å². The summed E-state index contributed by atoms with van der Waals surface area (Å²) < 4.78 is 7.82. The number of hydrogen-bond acceptors (Lipinski definition) is 2. The zero-order valence-electron chi connectivity index (χ0n) is 4.72. The molecule has 3 heteroatoms. The van der Waals surface area contributed by atoms with Gasteiger partial charge in [0, 0.05) is 13.1 Å². The molecule has 0 saturated carbocycles. The van der Waals surface area contributed by atoms with Crippen LogP contribution in [0.15, 0.2) is 8.73 Å². The highest BCUT2D eigenvalue weighted by Crippen LogP contribution is 1.65. The van der Waals surface area contributed by atoms with Crippen LogP contribution in [0.3, 0.4) is 0 Å². The van der Waals surface area contributed by atoms with Crippen LogP contribution < -0.4 is 0 Å². The van der Waals surface area contributed by atoms with Crippen LogP contribution in [0.5, 0.6) is 0 Å². The summed E-state index contributed by atoms with van der Waals surface area (Å²) in [5.41, 5.74) is 0. The monoisotopic (exact) mass is 118 g/mol. The molecule has 2 nitrogen and oxygen atoms in total. The van der Waals surface area contributed by atoms with Crippen LogP contribution in [0.25, 0.3) is 0 Å². The van der Waals surface area contributed by atoms with E-state index in [4.69, 9.17) is 0 Å². The lowest BCUT2D eigenvalue weighted by molar-refractivity contribution is 1.14. The van der Waals surface area contributed by atoms with Crippen molar-refractivity contribution >= 4 is 11.4 Å². The Morgan fingerprint density at radius 2 is 1.57 bits per heavy atom. The van der Waals surface area contributed by atoms with E-state index in [1.807, 2.05) is 13.8 Å². The average molecular weight is 118 g/mol. The first-order chi connectivity index (χ1) is 3.41. The highest BCUT2D eigenvalue weighted by molar-refractivity contribution is 7.57. The Balaban J connectivity index is 3.21. The van der Waals surface area contributed by atoms with E-state index in [-0.39, 0.29) is 0 Å². The lowest BCUT2D eigenvalue weighted by Crippen LogP contribution is -1.62. The zero-order chi connectivity index (χ0) is 5.54. The molecule has 0 atom stereocenters. The third kappa shape index (κ3) is 5.82. The normalized spacial score (nSPS) is 7.71. The largest absolute Gasteiger partial charge is 0.214 e. The summed E-state index contributed by atoms with van der Waals surface area (Å²) in [5.74, 6) is 0. The van der Waals surface area contributed by atoms with Crippen LogP contribution in [0.1, 0.15) is 13.8 Å². The Labute approximate surface area is 47.8 Å². The van der Waals surface area contributed by atoms with Gasteiger partial charge in [0.25, 0.3) is 0 Å². The molecule has 0 aromatic heterocycles. The molecule has 0 N–H and O–H groups in total. The summed E-state index contributed by atoms with van der Waals surface area (Å²) in [6, 6.07) is 0. The second-order valence-corrected chi connectivity index (χ2v) is 1.65. The second kappa shape index (κ2) is 5.82. The Hall–Kier alpha value is -0.180. The van der Waals surface area contributed by atoms with Gasteiger partial charge in [-0.15, -0.1) is 0 Å². The van der Waals surface area contributed by atoms with Gasteiger partial charge in [0.15, 0.2) is 0 Å². The molecule has 0 unspecified atom stereocenters. The van der Waals surface area contributed by atoms with Crippen LogP contribution in [0, 0.1) is 0 Å². The summed E-state index contributed by atoms with van der Waals surface area (Å²) >= 11 is 1.30. The molecule has 0 aliphatic rings. The highest BCUT2D eigenvalue weighted by atomic mass is 32.1. The maximum Gasteiger partial charge on any atom is 0.0577 e. The molecule has 0 aromatic rings. The van der Waals surface area contributed by atoms with Crippen molar-refractivity contribution in [2.45, 2.75) is 13.8 Å². The van der Waals surface area contributed by atoms with Crippen molar-refractivity contribution in [3.8, 4) is 0 Å². The lowest BCUT2D eigenvalue weighted by atomic mass is 10.8. The number of hydrogen-bond donors (Lipinski definition) is 0. The van der Waals surface area contributed by atoms with Gasteiger partial charge in [0.2, 0.25) is 0 Å². The van der Waals surface area contributed by atoms with Gasteiger partial charge in [0.05, 0.1) is 11.4 Å². The molecule has 0 bridgehead atoms. The fraction of sp³-hybridized carbons (Fsp3) is 1.00. The first-order valence-corrected chi connectivity index (χ1v) is 3.14. The SMILES string of the molecule is CCN=S=NCC. The standard InChI is InChI=1S/C4H10N2S/c1-3-5-7-6-4-2/h3-4H2,1-2H3. The second-order valence-electron chi connectivity index (χ2n) is 0.972. The van der Waals surface area contributed by atoms with Crippen molar-refractivity contribution in [1.82, 2.24) is 0 Å². The number of nitrogens with zero attached hydrogens (tertiary/aromatic N) is 2. The van der Waals surface area contributed by atoms with Gasteiger partial charge in [-0.05, 0) is 13.8 Å². The van der Waals surface area contributed by atoms with Gasteiger partial charge >= 0.3 is 0 Å². The maximum absolute atomic E-state index is 3.91. The van der Waals surface area contributed by atoms with Crippen molar-refractivity contribution in [3.63, 3.8) is 0 Å². The minimum Gasteiger partial charge on any atom is -0.214 e. The summed E-state index contributed by atoms with van der Waals surface area (Å²) in [6.07, 6.45) is 0. The van der Waals surface area contributed by atoms with E-state index >= 15 is 0 Å². The quantitative estimate of drug-likeness (QED) is 0.524.